The predicted octanol–water partition coefficient (Wildman–Crippen LogP) is 3.75. The van der Waals surface area contributed by atoms with Crippen molar-refractivity contribution < 1.29 is 4.39 Å². The summed E-state index contributed by atoms with van der Waals surface area (Å²) in [6, 6.07) is 6.62. The van der Waals surface area contributed by atoms with Crippen molar-refractivity contribution in [2.75, 3.05) is 5.32 Å². The van der Waals surface area contributed by atoms with E-state index in [0.717, 1.165) is 20.9 Å². The number of hydrogen-bond acceptors (Lipinski definition) is 4. The summed E-state index contributed by atoms with van der Waals surface area (Å²) in [7, 11) is 0. The molecule has 1 aromatic carbocycles. The first-order chi connectivity index (χ1) is 9.22. The van der Waals surface area contributed by atoms with E-state index >= 15 is 0 Å². The van der Waals surface area contributed by atoms with Gasteiger partial charge in [-0.3, -0.25) is 4.98 Å². The van der Waals surface area contributed by atoms with Gasteiger partial charge in [-0.25, -0.2) is 9.37 Å². The van der Waals surface area contributed by atoms with E-state index in [2.05, 4.69) is 15.3 Å². The molecule has 3 nitrogen and oxygen atoms in total. The maximum Gasteiger partial charge on any atom is 0.184 e. The van der Waals surface area contributed by atoms with Crippen molar-refractivity contribution in [3.05, 3.63) is 53.6 Å². The van der Waals surface area contributed by atoms with Crippen LogP contribution < -0.4 is 5.32 Å². The molecule has 19 heavy (non-hydrogen) atoms. The van der Waals surface area contributed by atoms with Gasteiger partial charge < -0.3 is 5.32 Å². The number of anilines is 1. The van der Waals surface area contributed by atoms with Gasteiger partial charge in [0.25, 0.3) is 0 Å². The van der Waals surface area contributed by atoms with Crippen LogP contribution in [0.25, 0.3) is 10.2 Å². The zero-order valence-corrected chi connectivity index (χ0v) is 11.2. The van der Waals surface area contributed by atoms with Gasteiger partial charge in [-0.15, -0.1) is 0 Å². The molecule has 0 saturated heterocycles. The van der Waals surface area contributed by atoms with E-state index in [1.165, 1.54) is 29.0 Å². The molecule has 0 aliphatic rings. The Kier molecular flexibility index (Phi) is 3.13. The number of nitrogens with one attached hydrogen (secondary N) is 1. The lowest BCUT2D eigenvalue weighted by Gasteiger charge is -2.05. The van der Waals surface area contributed by atoms with Crippen LogP contribution in [0.1, 0.15) is 11.1 Å². The monoisotopic (exact) mass is 273 g/mol. The van der Waals surface area contributed by atoms with E-state index in [4.69, 9.17) is 0 Å². The Morgan fingerprint density at radius 1 is 1.32 bits per heavy atom. The minimum absolute atomic E-state index is 0.229. The highest BCUT2D eigenvalue weighted by atomic mass is 32.1. The number of pyridine rings is 1. The Hall–Kier alpha value is -2.01. The molecule has 3 aromatic rings. The molecule has 0 aliphatic carbocycles. The lowest BCUT2D eigenvalue weighted by atomic mass is 10.2. The lowest BCUT2D eigenvalue weighted by molar-refractivity contribution is 0.630. The van der Waals surface area contributed by atoms with Gasteiger partial charge in [0.15, 0.2) is 5.13 Å². The number of nitrogens with zero attached hydrogens (tertiary/aromatic N) is 2. The molecule has 0 unspecified atom stereocenters. The summed E-state index contributed by atoms with van der Waals surface area (Å²) < 4.78 is 14.0. The fraction of sp³-hybridized carbons (Fsp3) is 0.143. The summed E-state index contributed by atoms with van der Waals surface area (Å²) in [6.45, 7) is 2.72. The lowest BCUT2D eigenvalue weighted by Crippen LogP contribution is -2.00. The summed E-state index contributed by atoms with van der Waals surface area (Å²) in [5, 5.41) is 4.07. The number of aryl methyl sites for hydroxylation is 1. The van der Waals surface area contributed by atoms with Gasteiger partial charge in [0.05, 0.1) is 10.2 Å². The Bertz CT molecular complexity index is 724. The summed E-state index contributed by atoms with van der Waals surface area (Å²) in [4.78, 5) is 8.49. The van der Waals surface area contributed by atoms with Crippen LogP contribution >= 0.6 is 11.3 Å². The van der Waals surface area contributed by atoms with Gasteiger partial charge in [0, 0.05) is 18.9 Å². The fourth-order valence-electron chi connectivity index (χ4n) is 1.85. The largest absolute Gasteiger partial charge is 0.357 e. The van der Waals surface area contributed by atoms with E-state index in [0.29, 0.717) is 6.54 Å². The Balaban J connectivity index is 1.80. The van der Waals surface area contributed by atoms with Crippen LogP contribution in [0.3, 0.4) is 0 Å². The average Bonchev–Trinajstić information content (AvgIpc) is 2.79. The van der Waals surface area contributed by atoms with Gasteiger partial charge in [0.1, 0.15) is 5.82 Å². The van der Waals surface area contributed by atoms with Crippen molar-refractivity contribution >= 4 is 26.7 Å². The quantitative estimate of drug-likeness (QED) is 0.789. The molecule has 0 atom stereocenters. The maximum absolute atomic E-state index is 13.1. The first kappa shape index (κ1) is 12.0. The van der Waals surface area contributed by atoms with E-state index in [-0.39, 0.29) is 5.82 Å². The van der Waals surface area contributed by atoms with Crippen molar-refractivity contribution in [1.82, 2.24) is 9.97 Å². The smallest absolute Gasteiger partial charge is 0.184 e. The van der Waals surface area contributed by atoms with Gasteiger partial charge >= 0.3 is 0 Å². The van der Waals surface area contributed by atoms with Gasteiger partial charge in [-0.1, -0.05) is 11.3 Å². The normalized spacial score (nSPS) is 10.8. The molecule has 96 valence electrons. The third-order valence-electron chi connectivity index (χ3n) is 2.92. The molecule has 2 heterocycles. The van der Waals surface area contributed by atoms with Crippen LogP contribution in [0, 0.1) is 12.7 Å². The molecule has 1 N–H and O–H groups in total. The summed E-state index contributed by atoms with van der Waals surface area (Å²) in [5.41, 5.74) is 3.14. The number of fused-ring (bicyclic) bond motifs is 1. The maximum atomic E-state index is 13.1. The molecular weight excluding hydrogens is 261 g/mol. The highest BCUT2D eigenvalue weighted by molar-refractivity contribution is 7.22. The second-order valence-electron chi connectivity index (χ2n) is 4.29. The molecule has 3 rings (SSSR count). The van der Waals surface area contributed by atoms with Gasteiger partial charge in [-0.05, 0) is 42.3 Å². The van der Waals surface area contributed by atoms with Crippen LogP contribution in [0.15, 0.2) is 36.7 Å². The zero-order valence-electron chi connectivity index (χ0n) is 10.4. The Morgan fingerprint density at radius 3 is 3.05 bits per heavy atom. The predicted molar refractivity (Wildman–Crippen MR) is 75.9 cm³/mol. The molecular formula is C14H12FN3S. The number of hydrogen-bond donors (Lipinski definition) is 1. The molecule has 0 bridgehead atoms. The van der Waals surface area contributed by atoms with Crippen molar-refractivity contribution in [1.29, 1.82) is 0 Å². The summed E-state index contributed by atoms with van der Waals surface area (Å²) >= 11 is 1.46. The average molecular weight is 273 g/mol. The fourth-order valence-corrected chi connectivity index (χ4v) is 2.73. The van der Waals surface area contributed by atoms with Crippen LogP contribution in [0.5, 0.6) is 0 Å². The topological polar surface area (TPSA) is 37.8 Å². The van der Waals surface area contributed by atoms with Gasteiger partial charge in [-0.2, -0.15) is 0 Å². The highest BCUT2D eigenvalue weighted by Gasteiger charge is 2.05. The van der Waals surface area contributed by atoms with Crippen molar-refractivity contribution in [2.45, 2.75) is 13.5 Å². The van der Waals surface area contributed by atoms with Crippen LogP contribution in [0.4, 0.5) is 9.52 Å². The van der Waals surface area contributed by atoms with Gasteiger partial charge in [0.2, 0.25) is 0 Å². The highest BCUT2D eigenvalue weighted by Crippen LogP contribution is 2.26. The van der Waals surface area contributed by atoms with Crippen LogP contribution in [0.2, 0.25) is 0 Å². The SMILES string of the molecule is Cc1cnccc1CNc1nc2ccc(F)cc2s1. The third-order valence-corrected chi connectivity index (χ3v) is 3.89. The number of aromatic nitrogens is 2. The van der Waals surface area contributed by atoms with Crippen molar-refractivity contribution in [3.8, 4) is 0 Å². The third kappa shape index (κ3) is 2.56. The molecule has 0 radical (unpaired) electrons. The molecule has 5 heteroatoms. The van der Waals surface area contributed by atoms with E-state index < -0.39 is 0 Å². The zero-order chi connectivity index (χ0) is 13.2. The minimum Gasteiger partial charge on any atom is -0.357 e. The number of rotatable bonds is 3. The van der Waals surface area contributed by atoms with E-state index in [1.54, 1.807) is 12.3 Å². The first-order valence-corrected chi connectivity index (χ1v) is 6.73. The van der Waals surface area contributed by atoms with Crippen molar-refractivity contribution in [2.24, 2.45) is 0 Å². The van der Waals surface area contributed by atoms with E-state index in [1.807, 2.05) is 19.2 Å². The molecule has 0 spiro atoms. The first-order valence-electron chi connectivity index (χ1n) is 5.92. The summed E-state index contributed by atoms with van der Waals surface area (Å²) in [5.74, 6) is -0.229. The van der Waals surface area contributed by atoms with Crippen LogP contribution in [-0.4, -0.2) is 9.97 Å². The number of benzene rings is 1. The standard InChI is InChI=1S/C14H12FN3S/c1-9-7-16-5-4-10(9)8-17-14-18-12-3-2-11(15)6-13(12)19-14/h2-7H,8H2,1H3,(H,17,18). The second-order valence-corrected chi connectivity index (χ2v) is 5.32. The molecule has 0 aliphatic heterocycles. The number of thiazole rings is 1. The Morgan fingerprint density at radius 2 is 2.21 bits per heavy atom. The Labute approximate surface area is 114 Å². The molecule has 0 fully saturated rings. The number of halogens is 1. The van der Waals surface area contributed by atoms with E-state index in [9.17, 15) is 4.39 Å². The van der Waals surface area contributed by atoms with Crippen molar-refractivity contribution in [3.63, 3.8) is 0 Å². The van der Waals surface area contributed by atoms with Crippen LogP contribution in [-0.2, 0) is 6.54 Å². The minimum atomic E-state index is -0.229. The summed E-state index contributed by atoms with van der Waals surface area (Å²) in [6.07, 6.45) is 3.61. The second kappa shape index (κ2) is 4.93. The molecule has 0 saturated carbocycles. The molecule has 0 amide bonds. The molecule has 2 aromatic heterocycles.